The molecule has 7 nitrogen and oxygen atoms in total. The topological polar surface area (TPSA) is 84.9 Å². The molecular formula is C20H27ClN2O5S. The van der Waals surface area contributed by atoms with Gasteiger partial charge < -0.3 is 14.4 Å². The number of carbonyl (C=O) groups is 1. The first kappa shape index (κ1) is 20.9. The lowest BCUT2D eigenvalue weighted by Gasteiger charge is -2.32. The largest absolute Gasteiger partial charge is 0.483 e. The molecule has 3 heterocycles. The second kappa shape index (κ2) is 8.41. The van der Waals surface area contributed by atoms with Crippen LogP contribution >= 0.6 is 11.6 Å². The highest BCUT2D eigenvalue weighted by molar-refractivity contribution is 7.88. The molecule has 29 heavy (non-hydrogen) atoms. The van der Waals surface area contributed by atoms with Crippen molar-refractivity contribution < 1.29 is 22.7 Å². The Balaban J connectivity index is 1.61. The third-order valence-corrected chi connectivity index (χ3v) is 7.24. The zero-order valence-electron chi connectivity index (χ0n) is 16.5. The Kier molecular flexibility index (Phi) is 6.06. The second-order valence-corrected chi connectivity index (χ2v) is 10.4. The molecule has 2 atom stereocenters. The van der Waals surface area contributed by atoms with E-state index >= 15 is 0 Å². The summed E-state index contributed by atoms with van der Waals surface area (Å²) in [5.74, 6) is 0.777. The third kappa shape index (κ3) is 4.71. The Morgan fingerprint density at radius 3 is 2.66 bits per heavy atom. The van der Waals surface area contributed by atoms with Crippen molar-refractivity contribution in [1.82, 2.24) is 9.62 Å². The number of halogens is 1. The number of rotatable bonds is 2. The molecule has 1 aliphatic carbocycles. The van der Waals surface area contributed by atoms with Gasteiger partial charge in [-0.25, -0.2) is 13.1 Å². The Labute approximate surface area is 176 Å². The SMILES string of the molecule is CS(=O)(=O)N[C@H]1CCN2C(=O)COc3cccc(Cl)c3C3CCC(CC3)OCC12. The molecule has 2 bridgehead atoms. The average Bonchev–Trinajstić information content (AvgIpc) is 3.05. The number of hydrogen-bond donors (Lipinski definition) is 1. The van der Waals surface area contributed by atoms with Gasteiger partial charge in [0.15, 0.2) is 6.61 Å². The normalized spacial score (nSPS) is 30.6. The van der Waals surface area contributed by atoms with Crippen molar-refractivity contribution >= 4 is 27.5 Å². The standard InChI is InChI=1S/C20H27ClN2O5S/c1-29(25,26)22-16-9-10-23-17(16)11-27-14-7-5-13(6-8-14)20-15(21)3-2-4-18(20)28-12-19(23)24/h2-4,13-14,16-17,22H,5-12H2,1H3/t13?,14?,16-,17?/m0/s1. The molecule has 0 aromatic heterocycles. The zero-order valence-corrected chi connectivity index (χ0v) is 18.0. The van der Waals surface area contributed by atoms with Crippen molar-refractivity contribution in [3.63, 3.8) is 0 Å². The van der Waals surface area contributed by atoms with Crippen LogP contribution in [0.5, 0.6) is 5.75 Å². The highest BCUT2D eigenvalue weighted by atomic mass is 35.5. The van der Waals surface area contributed by atoms with E-state index in [1.54, 1.807) is 4.90 Å². The molecule has 1 aromatic carbocycles. The second-order valence-electron chi connectivity index (χ2n) is 8.19. The van der Waals surface area contributed by atoms with Crippen LogP contribution in [0.4, 0.5) is 0 Å². The van der Waals surface area contributed by atoms with E-state index in [2.05, 4.69) is 4.72 Å². The Morgan fingerprint density at radius 1 is 1.17 bits per heavy atom. The summed E-state index contributed by atoms with van der Waals surface area (Å²) >= 11 is 6.49. The summed E-state index contributed by atoms with van der Waals surface area (Å²) in [7, 11) is -3.38. The lowest BCUT2D eigenvalue weighted by Crippen LogP contribution is -2.50. The molecule has 1 saturated heterocycles. The van der Waals surface area contributed by atoms with Crippen molar-refractivity contribution in [3.8, 4) is 5.75 Å². The highest BCUT2D eigenvalue weighted by Gasteiger charge is 2.40. The smallest absolute Gasteiger partial charge is 0.260 e. The summed E-state index contributed by atoms with van der Waals surface area (Å²) in [6, 6.07) is 4.88. The maximum absolute atomic E-state index is 12.9. The van der Waals surface area contributed by atoms with Gasteiger partial charge in [-0.15, -0.1) is 0 Å². The zero-order chi connectivity index (χ0) is 20.6. The predicted octanol–water partition coefficient (Wildman–Crippen LogP) is 2.29. The van der Waals surface area contributed by atoms with Crippen molar-refractivity contribution in [2.45, 2.75) is 56.2 Å². The quantitative estimate of drug-likeness (QED) is 0.759. The molecule has 1 N–H and O–H groups in total. The number of ether oxygens (including phenoxy) is 2. The lowest BCUT2D eigenvalue weighted by molar-refractivity contribution is -0.136. The van der Waals surface area contributed by atoms with Crippen molar-refractivity contribution in [2.75, 3.05) is 26.0 Å². The number of nitrogens with one attached hydrogen (secondary N) is 1. The van der Waals surface area contributed by atoms with E-state index in [4.69, 9.17) is 21.1 Å². The van der Waals surface area contributed by atoms with Gasteiger partial charge in [-0.1, -0.05) is 17.7 Å². The fraction of sp³-hybridized carbons (Fsp3) is 0.650. The third-order valence-electron chi connectivity index (χ3n) is 6.18. The maximum atomic E-state index is 12.9. The summed E-state index contributed by atoms with van der Waals surface area (Å²) < 4.78 is 38.3. The van der Waals surface area contributed by atoms with Crippen LogP contribution in [0.2, 0.25) is 5.02 Å². The molecule has 1 amide bonds. The van der Waals surface area contributed by atoms with Gasteiger partial charge in [0.05, 0.1) is 25.0 Å². The number of amides is 1. The highest BCUT2D eigenvalue weighted by Crippen LogP contribution is 2.42. The summed E-state index contributed by atoms with van der Waals surface area (Å²) in [4.78, 5) is 14.6. The van der Waals surface area contributed by atoms with E-state index in [9.17, 15) is 13.2 Å². The van der Waals surface area contributed by atoms with Crippen molar-refractivity contribution in [3.05, 3.63) is 28.8 Å². The van der Waals surface area contributed by atoms with Crippen LogP contribution < -0.4 is 9.46 Å². The summed E-state index contributed by atoms with van der Waals surface area (Å²) in [5.41, 5.74) is 0.981. The van der Waals surface area contributed by atoms with E-state index in [1.165, 1.54) is 0 Å². The Morgan fingerprint density at radius 2 is 1.93 bits per heavy atom. The number of fused-ring (bicyclic) bond motifs is 5. The van der Waals surface area contributed by atoms with Gasteiger partial charge >= 0.3 is 0 Å². The average molecular weight is 443 g/mol. The number of nitrogens with zero attached hydrogens (tertiary/aromatic N) is 1. The lowest BCUT2D eigenvalue weighted by atomic mass is 9.82. The van der Waals surface area contributed by atoms with E-state index in [0.29, 0.717) is 30.3 Å². The van der Waals surface area contributed by atoms with Crippen LogP contribution in [0, 0.1) is 0 Å². The van der Waals surface area contributed by atoms with Crippen LogP contribution in [0.3, 0.4) is 0 Å². The summed E-state index contributed by atoms with van der Waals surface area (Å²) in [5, 5.41) is 0.672. The van der Waals surface area contributed by atoms with Gasteiger partial charge in [0.1, 0.15) is 5.75 Å². The molecule has 160 valence electrons. The minimum absolute atomic E-state index is 0.106. The van der Waals surface area contributed by atoms with E-state index in [-0.39, 0.29) is 36.6 Å². The fourth-order valence-electron chi connectivity index (χ4n) is 4.80. The van der Waals surface area contributed by atoms with E-state index in [0.717, 1.165) is 37.5 Å². The van der Waals surface area contributed by atoms with E-state index < -0.39 is 10.0 Å². The Hall–Kier alpha value is -1.35. The van der Waals surface area contributed by atoms with E-state index in [1.807, 2.05) is 18.2 Å². The fourth-order valence-corrected chi connectivity index (χ4v) is 5.94. The molecule has 1 saturated carbocycles. The molecule has 3 aliphatic heterocycles. The molecule has 5 rings (SSSR count). The summed E-state index contributed by atoms with van der Waals surface area (Å²) in [6.45, 7) is 0.687. The van der Waals surface area contributed by atoms with Gasteiger partial charge in [-0.3, -0.25) is 4.79 Å². The molecular weight excluding hydrogens is 416 g/mol. The first-order chi connectivity index (χ1) is 13.8. The number of benzene rings is 1. The predicted molar refractivity (Wildman–Crippen MR) is 110 cm³/mol. The van der Waals surface area contributed by atoms with Crippen LogP contribution in [0.15, 0.2) is 18.2 Å². The molecule has 0 spiro atoms. The van der Waals surface area contributed by atoms with Gasteiger partial charge in [0, 0.05) is 23.2 Å². The number of hydrogen-bond acceptors (Lipinski definition) is 5. The monoisotopic (exact) mass is 442 g/mol. The molecule has 4 aliphatic rings. The van der Waals surface area contributed by atoms with Gasteiger partial charge in [-0.2, -0.15) is 0 Å². The maximum Gasteiger partial charge on any atom is 0.260 e. The van der Waals surface area contributed by atoms with Gasteiger partial charge in [0.2, 0.25) is 10.0 Å². The first-order valence-electron chi connectivity index (χ1n) is 10.1. The summed E-state index contributed by atoms with van der Waals surface area (Å²) in [6.07, 6.45) is 5.50. The Bertz CT molecular complexity index is 870. The minimum Gasteiger partial charge on any atom is -0.483 e. The molecule has 1 unspecified atom stereocenters. The minimum atomic E-state index is -3.38. The number of carbonyl (C=O) groups excluding carboxylic acids is 1. The molecule has 9 heteroatoms. The van der Waals surface area contributed by atoms with Gasteiger partial charge in [-0.05, 0) is 50.2 Å². The molecule has 0 radical (unpaired) electrons. The van der Waals surface area contributed by atoms with Crippen LogP contribution in [-0.4, -0.2) is 63.4 Å². The molecule has 2 fully saturated rings. The number of sulfonamides is 1. The van der Waals surface area contributed by atoms with Gasteiger partial charge in [0.25, 0.3) is 5.91 Å². The first-order valence-corrected chi connectivity index (χ1v) is 12.4. The van der Waals surface area contributed by atoms with Crippen LogP contribution in [0.1, 0.15) is 43.6 Å². The molecule has 1 aromatic rings. The van der Waals surface area contributed by atoms with Crippen LogP contribution in [-0.2, 0) is 19.6 Å². The van der Waals surface area contributed by atoms with Crippen LogP contribution in [0.25, 0.3) is 0 Å². The van der Waals surface area contributed by atoms with Crippen molar-refractivity contribution in [1.29, 1.82) is 0 Å². The van der Waals surface area contributed by atoms with Crippen molar-refractivity contribution in [2.24, 2.45) is 0 Å².